The van der Waals surface area contributed by atoms with E-state index >= 15 is 4.39 Å². The molecule has 3 aliphatic rings. The van der Waals surface area contributed by atoms with Crippen molar-refractivity contribution < 1.29 is 4.39 Å². The molecule has 190 valence electrons. The molecule has 1 aromatic carbocycles. The third-order valence-corrected chi connectivity index (χ3v) is 8.22. The molecule has 0 bridgehead atoms. The van der Waals surface area contributed by atoms with Gasteiger partial charge < -0.3 is 4.90 Å². The maximum atomic E-state index is 15.6. The van der Waals surface area contributed by atoms with E-state index in [-0.39, 0.29) is 5.82 Å². The Kier molecular flexibility index (Phi) is 6.52. The van der Waals surface area contributed by atoms with Crippen LogP contribution in [0.1, 0.15) is 78.0 Å². The van der Waals surface area contributed by atoms with Gasteiger partial charge in [0.1, 0.15) is 5.82 Å². The number of anilines is 1. The highest BCUT2D eigenvalue weighted by atomic mass is 19.1. The van der Waals surface area contributed by atoms with E-state index in [1.54, 1.807) is 11.1 Å². The second kappa shape index (κ2) is 9.49. The third kappa shape index (κ3) is 4.60. The van der Waals surface area contributed by atoms with Crippen molar-refractivity contribution in [2.24, 2.45) is 16.4 Å². The number of rotatable bonds is 4. The van der Waals surface area contributed by atoms with Crippen LogP contribution in [0.5, 0.6) is 0 Å². The summed E-state index contributed by atoms with van der Waals surface area (Å²) in [6, 6.07) is 5.63. The Labute approximate surface area is 215 Å². The van der Waals surface area contributed by atoms with Crippen LogP contribution in [0.3, 0.4) is 0 Å². The van der Waals surface area contributed by atoms with Gasteiger partial charge in [-0.25, -0.2) is 9.40 Å². The fourth-order valence-electron chi connectivity index (χ4n) is 6.39. The average molecular weight is 487 g/mol. The van der Waals surface area contributed by atoms with Gasteiger partial charge in [0.05, 0.1) is 28.3 Å². The van der Waals surface area contributed by atoms with Gasteiger partial charge in [0.25, 0.3) is 0 Å². The summed E-state index contributed by atoms with van der Waals surface area (Å²) in [4.78, 5) is 7.49. The van der Waals surface area contributed by atoms with E-state index in [0.29, 0.717) is 16.3 Å². The minimum Gasteiger partial charge on any atom is -0.369 e. The average Bonchev–Trinajstić information content (AvgIpc) is 3.23. The molecule has 1 saturated carbocycles. The first-order valence-corrected chi connectivity index (χ1v) is 13.5. The monoisotopic (exact) mass is 486 g/mol. The molecule has 5 rings (SSSR count). The number of fused-ring (bicyclic) bond motifs is 1. The lowest BCUT2D eigenvalue weighted by Gasteiger charge is -2.37. The van der Waals surface area contributed by atoms with Gasteiger partial charge in [0.2, 0.25) is 0 Å². The molecular weight excluding hydrogens is 447 g/mol. The molecule has 5 heteroatoms. The number of allylic oxidation sites excluding steroid dienone is 3. The predicted molar refractivity (Wildman–Crippen MR) is 149 cm³/mol. The highest BCUT2D eigenvalue weighted by molar-refractivity contribution is 6.11. The number of hydrazone groups is 1. The van der Waals surface area contributed by atoms with E-state index < -0.39 is 0 Å². The molecular formula is C31H39FN4. The van der Waals surface area contributed by atoms with Crippen molar-refractivity contribution in [3.05, 3.63) is 71.0 Å². The van der Waals surface area contributed by atoms with Crippen LogP contribution < -0.4 is 4.90 Å². The molecule has 2 aliphatic heterocycles. The number of benzene rings is 1. The fourth-order valence-corrected chi connectivity index (χ4v) is 6.39. The van der Waals surface area contributed by atoms with Crippen LogP contribution in [0.2, 0.25) is 0 Å². The zero-order valence-electron chi connectivity index (χ0n) is 22.5. The number of aryl methyl sites for hydroxylation is 1. The van der Waals surface area contributed by atoms with E-state index in [0.717, 1.165) is 64.9 Å². The van der Waals surface area contributed by atoms with Crippen LogP contribution in [0.25, 0.3) is 10.9 Å². The Balaban J connectivity index is 1.52. The number of pyridine rings is 1. The van der Waals surface area contributed by atoms with Crippen LogP contribution in [0.15, 0.2) is 59.0 Å². The first-order valence-electron chi connectivity index (χ1n) is 13.5. The van der Waals surface area contributed by atoms with Gasteiger partial charge in [-0.2, -0.15) is 5.10 Å². The SMILES string of the molecule is C=C1C(C)=CC(c2cc(F)c3cc(N4CCC5(CCCC(C)C5)C4)c(CC)nc3c2)=NN1C=C(C)C. The van der Waals surface area contributed by atoms with E-state index in [4.69, 9.17) is 10.1 Å². The minimum atomic E-state index is -0.244. The zero-order chi connectivity index (χ0) is 25.6. The number of halogens is 1. The number of hydrogen-bond acceptors (Lipinski definition) is 4. The van der Waals surface area contributed by atoms with Gasteiger partial charge in [-0.3, -0.25) is 4.98 Å². The van der Waals surface area contributed by atoms with Crippen LogP contribution in [0, 0.1) is 17.2 Å². The smallest absolute Gasteiger partial charge is 0.133 e. The van der Waals surface area contributed by atoms with E-state index in [1.165, 1.54) is 32.1 Å². The van der Waals surface area contributed by atoms with E-state index in [9.17, 15) is 0 Å². The Morgan fingerprint density at radius 3 is 2.78 bits per heavy atom. The van der Waals surface area contributed by atoms with E-state index in [2.05, 4.69) is 25.3 Å². The molecule has 2 unspecified atom stereocenters. The Hall–Kier alpha value is -2.95. The van der Waals surface area contributed by atoms with Crippen molar-refractivity contribution in [3.8, 4) is 0 Å². The van der Waals surface area contributed by atoms with Gasteiger partial charge in [-0.1, -0.05) is 38.8 Å². The van der Waals surface area contributed by atoms with Crippen molar-refractivity contribution in [3.63, 3.8) is 0 Å². The predicted octanol–water partition coefficient (Wildman–Crippen LogP) is 7.75. The standard InChI is InChI=1S/C31H39FN4/c1-7-27-30(35-12-11-31(19-35)10-8-9-21(4)17-31)16-25-26(32)14-24(15-29(25)33-27)28-13-22(5)23(6)36(34-28)18-20(2)3/h13-16,18,21H,6-12,17,19H2,1-5H3. The van der Waals surface area contributed by atoms with Crippen molar-refractivity contribution >= 4 is 22.3 Å². The molecule has 2 fully saturated rings. The molecule has 1 aliphatic carbocycles. The summed E-state index contributed by atoms with van der Waals surface area (Å²) in [6.45, 7) is 16.9. The van der Waals surface area contributed by atoms with Crippen LogP contribution in [-0.2, 0) is 6.42 Å². The molecule has 0 amide bonds. The molecule has 3 heterocycles. The molecule has 2 atom stereocenters. The molecule has 1 spiro atoms. The summed E-state index contributed by atoms with van der Waals surface area (Å²) in [5.74, 6) is 0.561. The highest BCUT2D eigenvalue weighted by Crippen LogP contribution is 2.47. The number of hydrogen-bond donors (Lipinski definition) is 0. The van der Waals surface area contributed by atoms with Crippen LogP contribution in [0.4, 0.5) is 10.1 Å². The van der Waals surface area contributed by atoms with Crippen LogP contribution in [-0.4, -0.2) is 28.8 Å². The quantitative estimate of drug-likeness (QED) is 0.443. The summed E-state index contributed by atoms with van der Waals surface area (Å²) in [5, 5.41) is 7.12. The van der Waals surface area contributed by atoms with Gasteiger partial charge in [-0.15, -0.1) is 0 Å². The summed E-state index contributed by atoms with van der Waals surface area (Å²) in [7, 11) is 0. The van der Waals surface area contributed by atoms with Crippen LogP contribution >= 0.6 is 0 Å². The molecule has 2 aromatic rings. The molecule has 1 aromatic heterocycles. The molecule has 1 saturated heterocycles. The third-order valence-electron chi connectivity index (χ3n) is 8.22. The summed E-state index contributed by atoms with van der Waals surface area (Å²) < 4.78 is 15.6. The highest BCUT2D eigenvalue weighted by Gasteiger charge is 2.41. The Morgan fingerprint density at radius 2 is 2.06 bits per heavy atom. The van der Waals surface area contributed by atoms with Crippen molar-refractivity contribution in [2.45, 2.75) is 73.1 Å². The Morgan fingerprint density at radius 1 is 1.25 bits per heavy atom. The summed E-state index contributed by atoms with van der Waals surface area (Å²) in [6.07, 6.45) is 11.3. The first-order chi connectivity index (χ1) is 17.2. The van der Waals surface area contributed by atoms with Crippen molar-refractivity contribution in [1.29, 1.82) is 0 Å². The summed E-state index contributed by atoms with van der Waals surface area (Å²) in [5.41, 5.74) is 7.69. The fraction of sp³-hybridized carbons (Fsp3) is 0.484. The maximum absolute atomic E-state index is 15.6. The van der Waals surface area contributed by atoms with Gasteiger partial charge >= 0.3 is 0 Å². The number of nitrogens with zero attached hydrogens (tertiary/aromatic N) is 4. The maximum Gasteiger partial charge on any atom is 0.133 e. The number of aromatic nitrogens is 1. The Bertz CT molecular complexity index is 1300. The summed E-state index contributed by atoms with van der Waals surface area (Å²) >= 11 is 0. The molecule has 36 heavy (non-hydrogen) atoms. The lowest BCUT2D eigenvalue weighted by molar-refractivity contribution is 0.171. The first kappa shape index (κ1) is 24.7. The second-order valence-corrected chi connectivity index (χ2v) is 11.5. The van der Waals surface area contributed by atoms with E-state index in [1.807, 2.05) is 45.2 Å². The largest absolute Gasteiger partial charge is 0.369 e. The normalized spacial score (nSPS) is 24.4. The lowest BCUT2D eigenvalue weighted by atomic mass is 9.69. The lowest BCUT2D eigenvalue weighted by Crippen LogP contribution is -2.32. The van der Waals surface area contributed by atoms with Gasteiger partial charge in [0, 0.05) is 30.2 Å². The van der Waals surface area contributed by atoms with Gasteiger partial charge in [-0.05, 0) is 87.6 Å². The molecule has 0 radical (unpaired) electrons. The van der Waals surface area contributed by atoms with Crippen molar-refractivity contribution in [1.82, 2.24) is 9.99 Å². The molecule has 4 nitrogen and oxygen atoms in total. The zero-order valence-corrected chi connectivity index (χ0v) is 22.5. The minimum absolute atomic E-state index is 0.244. The molecule has 0 N–H and O–H groups in total. The van der Waals surface area contributed by atoms with Crippen molar-refractivity contribution in [2.75, 3.05) is 18.0 Å². The van der Waals surface area contributed by atoms with Gasteiger partial charge in [0.15, 0.2) is 0 Å². The second-order valence-electron chi connectivity index (χ2n) is 11.5. The topological polar surface area (TPSA) is 31.7 Å².